The molecule has 0 radical (unpaired) electrons. The summed E-state index contributed by atoms with van der Waals surface area (Å²) in [6.45, 7) is 0. The first-order valence-electron chi connectivity index (χ1n) is 2.87. The lowest BCUT2D eigenvalue weighted by Gasteiger charge is -1.85. The van der Waals surface area contributed by atoms with Gasteiger partial charge in [-0.1, -0.05) is 0 Å². The number of nitrogens with one attached hydrogen (secondary N) is 1. The normalized spacial score (nSPS) is 14.8. The number of hydrogen-bond donors (Lipinski definition) is 1. The Kier molecular flexibility index (Phi) is 1.32. The molecule has 0 saturated carbocycles. The van der Waals surface area contributed by atoms with Crippen LogP contribution in [-0.2, 0) is 0 Å². The molecule has 1 aromatic rings. The summed E-state index contributed by atoms with van der Waals surface area (Å²) in [4.78, 5) is 7.06. The maximum absolute atomic E-state index is 4.06. The summed E-state index contributed by atoms with van der Waals surface area (Å²) in [5, 5.41) is 0.935. The molecule has 1 aliphatic heterocycles. The Bertz CT molecular complexity index is 287. The summed E-state index contributed by atoms with van der Waals surface area (Å²) in [5.74, 6) is 0. The lowest BCUT2D eigenvalue weighted by Crippen LogP contribution is -1.71. The molecule has 1 aromatic heterocycles. The van der Waals surface area contributed by atoms with E-state index < -0.39 is 0 Å². The summed E-state index contributed by atoms with van der Waals surface area (Å²) in [7, 11) is 0. The van der Waals surface area contributed by atoms with Gasteiger partial charge >= 0.3 is 0 Å². The predicted molar refractivity (Wildman–Crippen MR) is 42.0 cm³/mol. The van der Waals surface area contributed by atoms with E-state index in [0.717, 1.165) is 10.7 Å². The number of aromatic nitrogens is 2. The summed E-state index contributed by atoms with van der Waals surface area (Å²) < 4.78 is 4.01. The van der Waals surface area contributed by atoms with Crippen molar-refractivity contribution in [3.8, 4) is 0 Å². The van der Waals surface area contributed by atoms with Crippen LogP contribution in [0.1, 0.15) is 5.69 Å². The quantitative estimate of drug-likeness (QED) is 0.571. The number of hydrogen-bond acceptors (Lipinski definition) is 3. The highest BCUT2D eigenvalue weighted by Crippen LogP contribution is 2.22. The van der Waals surface area contributed by atoms with Gasteiger partial charge in [0.15, 0.2) is 0 Å². The molecular formula is C6H5N3S. The van der Waals surface area contributed by atoms with Crippen molar-refractivity contribution in [3.05, 3.63) is 18.1 Å². The van der Waals surface area contributed by atoms with Crippen molar-refractivity contribution >= 4 is 24.2 Å². The minimum absolute atomic E-state index is 0.935. The molecule has 50 valence electrons. The molecule has 10 heavy (non-hydrogen) atoms. The summed E-state index contributed by atoms with van der Waals surface area (Å²) >= 11 is 1.38. The third kappa shape index (κ3) is 0.863. The second-order valence-electron chi connectivity index (χ2n) is 1.83. The fourth-order valence-electron chi connectivity index (χ4n) is 0.739. The monoisotopic (exact) mass is 151 g/mol. The van der Waals surface area contributed by atoms with Crippen LogP contribution in [0.25, 0.3) is 6.08 Å². The molecule has 0 fully saturated rings. The van der Waals surface area contributed by atoms with Crippen LogP contribution < -0.4 is 0 Å². The second-order valence-corrected chi connectivity index (χ2v) is 2.61. The van der Waals surface area contributed by atoms with E-state index in [0.29, 0.717) is 0 Å². The predicted octanol–water partition coefficient (Wildman–Crippen LogP) is 1.51. The number of allylic oxidation sites excluding steroid dienone is 1. The smallest absolute Gasteiger partial charge is 0.144 e. The molecule has 0 aromatic carbocycles. The Morgan fingerprint density at radius 2 is 2.50 bits per heavy atom. The van der Waals surface area contributed by atoms with E-state index in [9.17, 15) is 0 Å². The van der Waals surface area contributed by atoms with E-state index in [-0.39, 0.29) is 0 Å². The highest BCUT2D eigenvalue weighted by Gasteiger charge is 2.02. The largest absolute Gasteiger partial charge is 0.344 e. The van der Waals surface area contributed by atoms with Crippen LogP contribution in [0.5, 0.6) is 0 Å². The molecule has 1 N–H and O–H groups in total. The number of H-pyrrole nitrogens is 1. The van der Waals surface area contributed by atoms with Gasteiger partial charge in [-0.3, -0.25) is 0 Å². The van der Waals surface area contributed by atoms with E-state index in [1.807, 2.05) is 12.2 Å². The molecule has 2 rings (SSSR count). The van der Waals surface area contributed by atoms with Crippen molar-refractivity contribution in [2.45, 2.75) is 5.03 Å². The molecular weight excluding hydrogens is 146 g/mol. The maximum Gasteiger partial charge on any atom is 0.144 e. The van der Waals surface area contributed by atoms with Crippen LogP contribution in [0.3, 0.4) is 0 Å². The zero-order chi connectivity index (χ0) is 6.81. The topological polar surface area (TPSA) is 41.0 Å². The fourth-order valence-corrected chi connectivity index (χ4v) is 1.29. The van der Waals surface area contributed by atoms with Gasteiger partial charge in [-0.25, -0.2) is 9.38 Å². The molecule has 0 aliphatic carbocycles. The highest BCUT2D eigenvalue weighted by molar-refractivity contribution is 7.98. The maximum atomic E-state index is 4.06. The third-order valence-electron chi connectivity index (χ3n) is 1.18. The number of nitrogens with zero attached hydrogens (tertiary/aromatic N) is 2. The molecule has 0 amide bonds. The van der Waals surface area contributed by atoms with Crippen LogP contribution in [0.15, 0.2) is 21.8 Å². The van der Waals surface area contributed by atoms with Gasteiger partial charge in [-0.2, -0.15) is 0 Å². The Hall–Kier alpha value is -1.03. The first kappa shape index (κ1) is 5.73. The Balaban J connectivity index is 2.50. The molecule has 0 bridgehead atoms. The zero-order valence-electron chi connectivity index (χ0n) is 5.11. The van der Waals surface area contributed by atoms with Crippen LogP contribution >= 0.6 is 11.9 Å². The van der Waals surface area contributed by atoms with Gasteiger partial charge in [0, 0.05) is 18.2 Å². The second kappa shape index (κ2) is 2.30. The molecule has 3 nitrogen and oxygen atoms in total. The number of fused-ring (bicyclic) bond motifs is 1. The van der Waals surface area contributed by atoms with Gasteiger partial charge in [0.2, 0.25) is 0 Å². The summed E-state index contributed by atoms with van der Waals surface area (Å²) in [5.41, 5.74) is 1.03. The minimum Gasteiger partial charge on any atom is -0.344 e. The van der Waals surface area contributed by atoms with Gasteiger partial charge in [-0.05, 0) is 12.2 Å². The average Bonchev–Trinajstić information content (AvgIpc) is 2.28. The Morgan fingerprint density at radius 1 is 1.50 bits per heavy atom. The van der Waals surface area contributed by atoms with Crippen molar-refractivity contribution in [1.82, 2.24) is 9.97 Å². The van der Waals surface area contributed by atoms with Gasteiger partial charge in [0.05, 0.1) is 12.0 Å². The van der Waals surface area contributed by atoms with Crippen molar-refractivity contribution in [2.24, 2.45) is 4.40 Å². The van der Waals surface area contributed by atoms with E-state index in [1.165, 1.54) is 11.9 Å². The van der Waals surface area contributed by atoms with Gasteiger partial charge < -0.3 is 4.98 Å². The molecule has 0 atom stereocenters. The number of imidazole rings is 1. The van der Waals surface area contributed by atoms with Crippen LogP contribution in [0.4, 0.5) is 0 Å². The first-order chi connectivity index (χ1) is 4.97. The molecule has 1 aliphatic rings. The van der Waals surface area contributed by atoms with Crippen LogP contribution in [-0.4, -0.2) is 16.2 Å². The average molecular weight is 151 g/mol. The van der Waals surface area contributed by atoms with E-state index in [4.69, 9.17) is 0 Å². The summed E-state index contributed by atoms with van der Waals surface area (Å²) in [6, 6.07) is 0. The van der Waals surface area contributed by atoms with Crippen molar-refractivity contribution in [2.75, 3.05) is 0 Å². The molecule has 0 spiro atoms. The fraction of sp³-hybridized carbons (Fsp3) is 0. The molecule has 0 saturated heterocycles. The SMILES string of the molecule is C1=Cc2[nH]cnc2SN=C1. The van der Waals surface area contributed by atoms with E-state index in [1.54, 1.807) is 12.5 Å². The standard InChI is InChI=1S/C6H5N3S/c1-2-5-6(8-4-7-5)10-9-3-1/h1-4H,(H,7,8). The van der Waals surface area contributed by atoms with E-state index >= 15 is 0 Å². The highest BCUT2D eigenvalue weighted by atomic mass is 32.2. The third-order valence-corrected chi connectivity index (χ3v) is 1.91. The minimum atomic E-state index is 0.935. The lowest BCUT2D eigenvalue weighted by molar-refractivity contribution is 1.20. The van der Waals surface area contributed by atoms with Gasteiger partial charge in [0.1, 0.15) is 5.03 Å². The Labute approximate surface area is 62.4 Å². The number of aromatic amines is 1. The Morgan fingerprint density at radius 3 is 3.50 bits per heavy atom. The molecule has 4 heteroatoms. The molecule has 0 unspecified atom stereocenters. The van der Waals surface area contributed by atoms with Crippen molar-refractivity contribution < 1.29 is 0 Å². The van der Waals surface area contributed by atoms with Crippen LogP contribution in [0, 0.1) is 0 Å². The van der Waals surface area contributed by atoms with Crippen LogP contribution in [0.2, 0.25) is 0 Å². The molecule has 2 heterocycles. The van der Waals surface area contributed by atoms with Gasteiger partial charge in [0.25, 0.3) is 0 Å². The van der Waals surface area contributed by atoms with Crippen molar-refractivity contribution in [3.63, 3.8) is 0 Å². The lowest BCUT2D eigenvalue weighted by atomic mass is 10.4. The van der Waals surface area contributed by atoms with E-state index in [2.05, 4.69) is 14.4 Å². The zero-order valence-corrected chi connectivity index (χ0v) is 5.93. The van der Waals surface area contributed by atoms with Crippen molar-refractivity contribution in [1.29, 1.82) is 0 Å². The first-order valence-corrected chi connectivity index (χ1v) is 3.64. The summed E-state index contributed by atoms with van der Waals surface area (Å²) in [6.07, 6.45) is 7.26. The number of rotatable bonds is 0. The van der Waals surface area contributed by atoms with Gasteiger partial charge in [-0.15, -0.1) is 0 Å².